The molecular weight excluding hydrogens is 190 g/mol. The lowest BCUT2D eigenvalue weighted by atomic mass is 9.98. The second-order valence-corrected chi connectivity index (χ2v) is 4.57. The lowest BCUT2D eigenvalue weighted by molar-refractivity contribution is -0.109. The quantitative estimate of drug-likeness (QED) is 0.727. The number of carbonyl (C=O) groups excluding carboxylic acids is 1. The van der Waals surface area contributed by atoms with Crippen molar-refractivity contribution < 1.29 is 9.90 Å². The van der Waals surface area contributed by atoms with E-state index >= 15 is 0 Å². The summed E-state index contributed by atoms with van der Waals surface area (Å²) in [7, 11) is 2.17. The van der Waals surface area contributed by atoms with E-state index in [0.29, 0.717) is 19.3 Å². The molecule has 0 amide bonds. The van der Waals surface area contributed by atoms with Crippen LogP contribution in [0.1, 0.15) is 46.0 Å². The van der Waals surface area contributed by atoms with Gasteiger partial charge in [0.2, 0.25) is 0 Å². The van der Waals surface area contributed by atoms with Gasteiger partial charge < -0.3 is 14.8 Å². The molecular formula is C12H25NO2. The third-order valence-electron chi connectivity index (χ3n) is 2.89. The summed E-state index contributed by atoms with van der Waals surface area (Å²) in [6, 6.07) is 0. The molecule has 0 aromatic carbocycles. The highest BCUT2D eigenvalue weighted by Gasteiger charge is 2.15. The molecule has 1 rings (SSSR count). The molecule has 1 N–H and O–H groups in total. The van der Waals surface area contributed by atoms with E-state index < -0.39 is 5.60 Å². The van der Waals surface area contributed by atoms with Gasteiger partial charge in [-0.05, 0) is 52.7 Å². The maximum absolute atomic E-state index is 9.86. The Labute approximate surface area is 93.5 Å². The van der Waals surface area contributed by atoms with Crippen LogP contribution in [0.15, 0.2) is 0 Å². The standard InChI is InChI=1S/C7H14O2.C5H11N/c1-3-7(2,9)5-4-6-8;1-6-4-2-3-5-6/h6,9H,3-5H2,1-2H3;2-5H2,1H3/t7-;/m1./s1. The Morgan fingerprint density at radius 2 is 1.93 bits per heavy atom. The van der Waals surface area contributed by atoms with E-state index in [1.165, 1.54) is 25.9 Å². The molecule has 0 bridgehead atoms. The summed E-state index contributed by atoms with van der Waals surface area (Å²) >= 11 is 0. The van der Waals surface area contributed by atoms with Gasteiger partial charge >= 0.3 is 0 Å². The minimum atomic E-state index is -0.638. The van der Waals surface area contributed by atoms with Crippen LogP contribution in [0.5, 0.6) is 0 Å². The van der Waals surface area contributed by atoms with Crippen LogP contribution in [-0.4, -0.2) is 42.0 Å². The predicted octanol–water partition coefficient (Wildman–Crippen LogP) is 1.84. The lowest BCUT2D eigenvalue weighted by Gasteiger charge is -2.18. The van der Waals surface area contributed by atoms with Gasteiger partial charge in [-0.1, -0.05) is 6.92 Å². The van der Waals surface area contributed by atoms with E-state index in [-0.39, 0.29) is 0 Å². The van der Waals surface area contributed by atoms with Crippen LogP contribution in [0.2, 0.25) is 0 Å². The van der Waals surface area contributed by atoms with Crippen LogP contribution in [-0.2, 0) is 4.79 Å². The Morgan fingerprint density at radius 1 is 1.40 bits per heavy atom. The Kier molecular flexibility index (Phi) is 7.61. The first kappa shape index (κ1) is 14.6. The highest BCUT2D eigenvalue weighted by atomic mass is 16.3. The maximum atomic E-state index is 9.86. The second kappa shape index (κ2) is 7.83. The van der Waals surface area contributed by atoms with Crippen LogP contribution < -0.4 is 0 Å². The number of nitrogens with zero attached hydrogens (tertiary/aromatic N) is 1. The van der Waals surface area contributed by atoms with Crippen molar-refractivity contribution in [2.24, 2.45) is 0 Å². The molecule has 1 fully saturated rings. The molecule has 0 radical (unpaired) electrons. The van der Waals surface area contributed by atoms with Gasteiger partial charge in [0.25, 0.3) is 0 Å². The highest BCUT2D eigenvalue weighted by Crippen LogP contribution is 2.14. The monoisotopic (exact) mass is 215 g/mol. The number of aldehydes is 1. The van der Waals surface area contributed by atoms with Crippen LogP contribution >= 0.6 is 0 Å². The van der Waals surface area contributed by atoms with E-state index in [9.17, 15) is 9.90 Å². The van der Waals surface area contributed by atoms with Crippen LogP contribution in [0, 0.1) is 0 Å². The second-order valence-electron chi connectivity index (χ2n) is 4.57. The van der Waals surface area contributed by atoms with E-state index in [1.54, 1.807) is 6.92 Å². The summed E-state index contributed by atoms with van der Waals surface area (Å²) in [5.74, 6) is 0. The van der Waals surface area contributed by atoms with E-state index in [2.05, 4.69) is 11.9 Å². The minimum absolute atomic E-state index is 0.459. The maximum Gasteiger partial charge on any atom is 0.120 e. The number of hydrogen-bond acceptors (Lipinski definition) is 3. The molecule has 1 heterocycles. The first-order valence-electron chi connectivity index (χ1n) is 5.86. The zero-order chi connectivity index (χ0) is 11.7. The molecule has 1 aliphatic heterocycles. The third kappa shape index (κ3) is 8.58. The summed E-state index contributed by atoms with van der Waals surface area (Å²) < 4.78 is 0. The Hall–Kier alpha value is -0.410. The minimum Gasteiger partial charge on any atom is -0.390 e. The summed E-state index contributed by atoms with van der Waals surface area (Å²) in [4.78, 5) is 12.2. The SMILES string of the molecule is CC[C@@](C)(O)CCC=O.CN1CCCC1. The third-order valence-corrected chi connectivity index (χ3v) is 2.89. The van der Waals surface area contributed by atoms with E-state index in [0.717, 1.165) is 6.29 Å². The van der Waals surface area contributed by atoms with Crippen LogP contribution in [0.3, 0.4) is 0 Å². The number of hydrogen-bond donors (Lipinski definition) is 1. The van der Waals surface area contributed by atoms with Gasteiger partial charge in [-0.25, -0.2) is 0 Å². The zero-order valence-electron chi connectivity index (χ0n) is 10.3. The molecule has 0 saturated carbocycles. The largest absolute Gasteiger partial charge is 0.390 e. The fraction of sp³-hybridized carbons (Fsp3) is 0.917. The summed E-state index contributed by atoms with van der Waals surface area (Å²) in [6.07, 6.45) is 5.41. The van der Waals surface area contributed by atoms with E-state index in [1.807, 2.05) is 6.92 Å². The lowest BCUT2D eigenvalue weighted by Crippen LogP contribution is -2.22. The zero-order valence-corrected chi connectivity index (χ0v) is 10.3. The van der Waals surface area contributed by atoms with E-state index in [4.69, 9.17) is 0 Å². The Bertz CT molecular complexity index is 163. The van der Waals surface area contributed by atoms with Crippen molar-refractivity contribution in [3.8, 4) is 0 Å². The number of aliphatic hydroxyl groups is 1. The number of likely N-dealkylation sites (tertiary alicyclic amines) is 1. The fourth-order valence-corrected chi connectivity index (χ4v) is 1.42. The molecule has 3 nitrogen and oxygen atoms in total. The van der Waals surface area contributed by atoms with Crippen LogP contribution in [0.4, 0.5) is 0 Å². The van der Waals surface area contributed by atoms with Crippen molar-refractivity contribution in [1.82, 2.24) is 4.90 Å². The van der Waals surface area contributed by atoms with Gasteiger partial charge in [0.1, 0.15) is 6.29 Å². The molecule has 1 saturated heterocycles. The number of carbonyl (C=O) groups is 1. The first-order chi connectivity index (χ1) is 7.02. The molecule has 3 heteroatoms. The summed E-state index contributed by atoms with van der Waals surface area (Å²) in [6.45, 7) is 6.29. The molecule has 0 unspecified atom stereocenters. The predicted molar refractivity (Wildman–Crippen MR) is 62.9 cm³/mol. The molecule has 15 heavy (non-hydrogen) atoms. The van der Waals surface area contributed by atoms with Crippen molar-refractivity contribution in [3.63, 3.8) is 0 Å². The smallest absolute Gasteiger partial charge is 0.120 e. The Balaban J connectivity index is 0.000000280. The van der Waals surface area contributed by atoms with Gasteiger partial charge in [-0.3, -0.25) is 0 Å². The highest BCUT2D eigenvalue weighted by molar-refractivity contribution is 5.49. The Morgan fingerprint density at radius 3 is 2.20 bits per heavy atom. The molecule has 0 aromatic heterocycles. The molecule has 90 valence electrons. The van der Waals surface area contributed by atoms with Gasteiger partial charge in [0, 0.05) is 6.42 Å². The molecule has 0 aromatic rings. The molecule has 1 aliphatic rings. The molecule has 0 spiro atoms. The van der Waals surface area contributed by atoms with Gasteiger partial charge in [-0.2, -0.15) is 0 Å². The van der Waals surface area contributed by atoms with Crippen molar-refractivity contribution in [2.75, 3.05) is 20.1 Å². The number of rotatable bonds is 4. The summed E-state index contributed by atoms with van der Waals surface area (Å²) in [5, 5.41) is 9.30. The van der Waals surface area contributed by atoms with Gasteiger partial charge in [-0.15, -0.1) is 0 Å². The van der Waals surface area contributed by atoms with Gasteiger partial charge in [0.15, 0.2) is 0 Å². The topological polar surface area (TPSA) is 40.5 Å². The summed E-state index contributed by atoms with van der Waals surface area (Å²) in [5.41, 5.74) is -0.638. The van der Waals surface area contributed by atoms with Gasteiger partial charge in [0.05, 0.1) is 5.60 Å². The molecule has 1 atom stereocenters. The van der Waals surface area contributed by atoms with Crippen molar-refractivity contribution in [2.45, 2.75) is 51.6 Å². The average Bonchev–Trinajstić information content (AvgIpc) is 2.67. The molecule has 0 aliphatic carbocycles. The van der Waals surface area contributed by atoms with Crippen LogP contribution in [0.25, 0.3) is 0 Å². The normalized spacial score (nSPS) is 20.3. The van der Waals surface area contributed by atoms with Crippen molar-refractivity contribution >= 4 is 6.29 Å². The first-order valence-corrected chi connectivity index (χ1v) is 5.86. The fourth-order valence-electron chi connectivity index (χ4n) is 1.42. The average molecular weight is 215 g/mol. The van der Waals surface area contributed by atoms with Crippen molar-refractivity contribution in [1.29, 1.82) is 0 Å². The van der Waals surface area contributed by atoms with Crippen molar-refractivity contribution in [3.05, 3.63) is 0 Å².